The lowest BCUT2D eigenvalue weighted by atomic mass is 10.0. The highest BCUT2D eigenvalue weighted by molar-refractivity contribution is 6.24. The Bertz CT molecular complexity index is 454. The predicted octanol–water partition coefficient (Wildman–Crippen LogP) is 3.97. The van der Waals surface area contributed by atoms with E-state index in [4.69, 9.17) is 4.74 Å². The van der Waals surface area contributed by atoms with E-state index >= 15 is 0 Å². The van der Waals surface area contributed by atoms with Crippen LogP contribution in [0.3, 0.4) is 0 Å². The molecule has 0 spiro atoms. The Morgan fingerprint density at radius 3 is 2.50 bits per heavy atom. The van der Waals surface area contributed by atoms with E-state index in [0.29, 0.717) is 5.92 Å². The smallest absolute Gasteiger partial charge is 0.119 e. The molecular weight excluding hydrogens is 222 g/mol. The van der Waals surface area contributed by atoms with Gasteiger partial charge in [-0.3, -0.25) is 4.99 Å². The van der Waals surface area contributed by atoms with Gasteiger partial charge in [0, 0.05) is 11.3 Å². The molecule has 2 nitrogen and oxygen atoms in total. The molecular formula is C16H21NO. The molecule has 0 amide bonds. The van der Waals surface area contributed by atoms with Gasteiger partial charge in [-0.25, -0.2) is 0 Å². The first-order chi connectivity index (χ1) is 8.66. The summed E-state index contributed by atoms with van der Waals surface area (Å²) in [4.78, 5) is 4.38. The maximum absolute atomic E-state index is 5.71. The molecule has 0 saturated carbocycles. The highest BCUT2D eigenvalue weighted by Gasteiger charge is 2.09. The summed E-state index contributed by atoms with van der Waals surface area (Å²) in [7, 11) is 0. The van der Waals surface area contributed by atoms with E-state index in [2.05, 4.69) is 44.0 Å². The molecule has 0 aliphatic carbocycles. The molecule has 18 heavy (non-hydrogen) atoms. The Balaban J connectivity index is 1.96. The van der Waals surface area contributed by atoms with Crippen LogP contribution >= 0.6 is 0 Å². The second-order valence-electron chi connectivity index (χ2n) is 5.10. The van der Waals surface area contributed by atoms with E-state index in [9.17, 15) is 0 Å². The second-order valence-corrected chi connectivity index (χ2v) is 5.10. The zero-order chi connectivity index (χ0) is 13.0. The third kappa shape index (κ3) is 3.22. The summed E-state index contributed by atoms with van der Waals surface area (Å²) < 4.78 is 5.71. The lowest BCUT2D eigenvalue weighted by Crippen LogP contribution is -2.01. The summed E-state index contributed by atoms with van der Waals surface area (Å²) in [5, 5.41) is 0. The summed E-state index contributed by atoms with van der Waals surface area (Å²) in [6, 6.07) is 8.31. The average molecular weight is 243 g/mol. The molecule has 0 N–H and O–H groups in total. The fourth-order valence-corrected chi connectivity index (χ4v) is 1.98. The summed E-state index contributed by atoms with van der Waals surface area (Å²) >= 11 is 0. The lowest BCUT2D eigenvalue weighted by molar-refractivity contribution is 0.289. The first-order valence-corrected chi connectivity index (χ1v) is 6.61. The molecule has 0 atom stereocenters. The zero-order valence-corrected chi connectivity index (χ0v) is 11.4. The lowest BCUT2D eigenvalue weighted by Gasteiger charge is -2.09. The van der Waals surface area contributed by atoms with Gasteiger partial charge in [0.2, 0.25) is 0 Å². The van der Waals surface area contributed by atoms with Gasteiger partial charge in [-0.2, -0.15) is 0 Å². The van der Waals surface area contributed by atoms with Crippen molar-refractivity contribution < 1.29 is 4.74 Å². The molecule has 1 heterocycles. The Morgan fingerprint density at radius 2 is 1.94 bits per heavy atom. The number of hydrogen-bond donors (Lipinski definition) is 0. The quantitative estimate of drug-likeness (QED) is 0.766. The van der Waals surface area contributed by atoms with E-state index in [0.717, 1.165) is 31.0 Å². The Labute approximate surface area is 109 Å². The largest absolute Gasteiger partial charge is 0.494 e. The maximum atomic E-state index is 5.71. The number of benzene rings is 1. The fourth-order valence-electron chi connectivity index (χ4n) is 1.98. The zero-order valence-electron chi connectivity index (χ0n) is 11.4. The number of hydrogen-bond acceptors (Lipinski definition) is 2. The van der Waals surface area contributed by atoms with E-state index < -0.39 is 0 Å². The molecule has 0 bridgehead atoms. The molecule has 2 rings (SSSR count). The maximum Gasteiger partial charge on any atom is 0.119 e. The molecule has 1 aromatic rings. The molecule has 1 aromatic carbocycles. The van der Waals surface area contributed by atoms with Crippen LogP contribution in [0.15, 0.2) is 35.3 Å². The van der Waals surface area contributed by atoms with Crippen LogP contribution < -0.4 is 4.74 Å². The number of ether oxygens (including phenoxy) is 1. The van der Waals surface area contributed by atoms with E-state index in [1.54, 1.807) is 0 Å². The SMILES string of the molecule is CC1=NCC=C1c1ccc(OCCC(C)C)cc1. The summed E-state index contributed by atoms with van der Waals surface area (Å²) in [5.74, 6) is 1.64. The number of rotatable bonds is 5. The second kappa shape index (κ2) is 5.85. The van der Waals surface area contributed by atoms with Crippen LogP contribution in [0.4, 0.5) is 0 Å². The van der Waals surface area contributed by atoms with E-state index in [1.807, 2.05) is 12.1 Å². The van der Waals surface area contributed by atoms with Gasteiger partial charge < -0.3 is 4.74 Å². The topological polar surface area (TPSA) is 21.6 Å². The van der Waals surface area contributed by atoms with Gasteiger partial charge in [-0.05, 0) is 37.0 Å². The van der Waals surface area contributed by atoms with Crippen molar-refractivity contribution in [1.82, 2.24) is 0 Å². The van der Waals surface area contributed by atoms with Gasteiger partial charge in [0.25, 0.3) is 0 Å². The Kier molecular flexibility index (Phi) is 4.19. The van der Waals surface area contributed by atoms with Crippen molar-refractivity contribution in [2.24, 2.45) is 10.9 Å². The van der Waals surface area contributed by atoms with Crippen molar-refractivity contribution >= 4 is 11.3 Å². The number of allylic oxidation sites excluding steroid dienone is 1. The molecule has 0 radical (unpaired) electrons. The van der Waals surface area contributed by atoms with Crippen LogP contribution in [0.1, 0.15) is 32.8 Å². The molecule has 1 aliphatic rings. The molecule has 2 heteroatoms. The van der Waals surface area contributed by atoms with Crippen molar-refractivity contribution in [3.05, 3.63) is 35.9 Å². The molecule has 0 fully saturated rings. The van der Waals surface area contributed by atoms with Gasteiger partial charge >= 0.3 is 0 Å². The van der Waals surface area contributed by atoms with Gasteiger partial charge in [0.15, 0.2) is 0 Å². The van der Waals surface area contributed by atoms with Crippen molar-refractivity contribution in [3.8, 4) is 5.75 Å². The fraction of sp³-hybridized carbons (Fsp3) is 0.438. The van der Waals surface area contributed by atoms with Gasteiger partial charge in [-0.1, -0.05) is 32.1 Å². The first-order valence-electron chi connectivity index (χ1n) is 6.61. The minimum absolute atomic E-state index is 0.687. The van der Waals surface area contributed by atoms with Crippen LogP contribution in [0.5, 0.6) is 5.75 Å². The number of aliphatic imine (C=N–C) groups is 1. The minimum atomic E-state index is 0.687. The standard InChI is InChI=1S/C16H21NO/c1-12(2)9-11-18-15-6-4-14(5-7-15)16-8-10-17-13(16)3/h4-8,12H,9-11H2,1-3H3. The average Bonchev–Trinajstić information content (AvgIpc) is 2.76. The van der Waals surface area contributed by atoms with Crippen LogP contribution in [0, 0.1) is 5.92 Å². The van der Waals surface area contributed by atoms with Gasteiger partial charge in [0.05, 0.1) is 13.2 Å². The number of nitrogens with zero attached hydrogens (tertiary/aromatic N) is 1. The highest BCUT2D eigenvalue weighted by atomic mass is 16.5. The highest BCUT2D eigenvalue weighted by Crippen LogP contribution is 2.22. The predicted molar refractivity (Wildman–Crippen MR) is 77.3 cm³/mol. The van der Waals surface area contributed by atoms with Crippen LogP contribution in [-0.4, -0.2) is 18.9 Å². The minimum Gasteiger partial charge on any atom is -0.494 e. The van der Waals surface area contributed by atoms with Crippen LogP contribution in [0.2, 0.25) is 0 Å². The van der Waals surface area contributed by atoms with Crippen molar-refractivity contribution in [2.75, 3.05) is 13.2 Å². The Morgan fingerprint density at radius 1 is 1.22 bits per heavy atom. The third-order valence-electron chi connectivity index (χ3n) is 3.14. The van der Waals surface area contributed by atoms with Crippen LogP contribution in [0.25, 0.3) is 5.57 Å². The molecule has 0 saturated heterocycles. The van der Waals surface area contributed by atoms with E-state index in [1.165, 1.54) is 11.1 Å². The van der Waals surface area contributed by atoms with Gasteiger partial charge in [-0.15, -0.1) is 0 Å². The first kappa shape index (κ1) is 12.9. The Hall–Kier alpha value is -1.57. The summed E-state index contributed by atoms with van der Waals surface area (Å²) in [6.45, 7) is 8.09. The van der Waals surface area contributed by atoms with Crippen molar-refractivity contribution in [2.45, 2.75) is 27.2 Å². The molecule has 96 valence electrons. The monoisotopic (exact) mass is 243 g/mol. The normalized spacial score (nSPS) is 14.7. The van der Waals surface area contributed by atoms with Crippen molar-refractivity contribution in [1.29, 1.82) is 0 Å². The van der Waals surface area contributed by atoms with E-state index in [-0.39, 0.29) is 0 Å². The molecule has 0 aromatic heterocycles. The summed E-state index contributed by atoms with van der Waals surface area (Å²) in [6.07, 6.45) is 3.27. The van der Waals surface area contributed by atoms with Crippen LogP contribution in [-0.2, 0) is 0 Å². The van der Waals surface area contributed by atoms with Gasteiger partial charge in [0.1, 0.15) is 5.75 Å². The summed E-state index contributed by atoms with van der Waals surface area (Å²) in [5.41, 5.74) is 3.61. The third-order valence-corrected chi connectivity index (χ3v) is 3.14. The van der Waals surface area contributed by atoms with Crippen molar-refractivity contribution in [3.63, 3.8) is 0 Å². The molecule has 1 aliphatic heterocycles. The molecule has 0 unspecified atom stereocenters.